The molecule has 0 spiro atoms. The second-order valence-corrected chi connectivity index (χ2v) is 4.48. The molecule has 0 amide bonds. The number of hydrogen-bond donors (Lipinski definition) is 1. The van der Waals surface area contributed by atoms with Gasteiger partial charge in [-0.15, -0.1) is 0 Å². The van der Waals surface area contributed by atoms with Crippen molar-refractivity contribution in [3.8, 4) is 17.2 Å². The van der Waals surface area contributed by atoms with E-state index in [1.165, 1.54) is 5.56 Å². The zero-order chi connectivity index (χ0) is 15.1. The number of pyridine rings is 1. The van der Waals surface area contributed by atoms with Crippen LogP contribution in [0.3, 0.4) is 0 Å². The van der Waals surface area contributed by atoms with Crippen LogP contribution in [0.1, 0.15) is 11.1 Å². The molecule has 1 N–H and O–H groups in total. The first-order valence-electron chi connectivity index (χ1n) is 6.67. The Balaban J connectivity index is 0.00000242. The molecule has 2 rings (SSSR count). The van der Waals surface area contributed by atoms with Gasteiger partial charge < -0.3 is 31.9 Å². The van der Waals surface area contributed by atoms with Crippen LogP contribution in [0.15, 0.2) is 36.7 Å². The number of nitrogens with one attached hydrogen (secondary N) is 1. The minimum Gasteiger partial charge on any atom is -1.00 e. The number of halogens is 1. The first kappa shape index (κ1) is 18.1. The van der Waals surface area contributed by atoms with Crippen molar-refractivity contribution in [1.29, 1.82) is 0 Å². The van der Waals surface area contributed by atoms with Gasteiger partial charge in [-0.2, -0.15) is 0 Å². The van der Waals surface area contributed by atoms with E-state index in [-0.39, 0.29) is 12.4 Å². The van der Waals surface area contributed by atoms with E-state index in [9.17, 15) is 0 Å². The van der Waals surface area contributed by atoms with Crippen LogP contribution in [-0.4, -0.2) is 26.3 Å². The highest BCUT2D eigenvalue weighted by Crippen LogP contribution is 2.34. The minimum absolute atomic E-state index is 0. The summed E-state index contributed by atoms with van der Waals surface area (Å²) in [5.74, 6) is 2.13. The number of methoxy groups -OCH3 is 3. The second kappa shape index (κ2) is 9.12. The topological polar surface area (TPSA) is 52.6 Å². The van der Waals surface area contributed by atoms with E-state index in [1.54, 1.807) is 33.7 Å². The van der Waals surface area contributed by atoms with Crippen LogP contribution in [0.5, 0.6) is 17.2 Å². The van der Waals surface area contributed by atoms with Gasteiger partial charge >= 0.3 is 0 Å². The van der Waals surface area contributed by atoms with E-state index in [0.717, 1.165) is 17.9 Å². The Morgan fingerprint density at radius 2 is 1.45 bits per heavy atom. The van der Waals surface area contributed by atoms with Crippen LogP contribution in [-0.2, 0) is 13.1 Å². The number of hydrogen-bond acceptors (Lipinski definition) is 5. The molecule has 0 bridgehead atoms. The summed E-state index contributed by atoms with van der Waals surface area (Å²) in [7, 11) is 4.88. The number of rotatable bonds is 7. The summed E-state index contributed by atoms with van der Waals surface area (Å²) in [4.78, 5) is 4.00. The molecule has 0 aliphatic heterocycles. The van der Waals surface area contributed by atoms with Crippen LogP contribution < -0.4 is 31.9 Å². The van der Waals surface area contributed by atoms with E-state index in [4.69, 9.17) is 14.2 Å². The molecule has 0 aliphatic rings. The lowest BCUT2D eigenvalue weighted by atomic mass is 10.1. The lowest BCUT2D eigenvalue weighted by Gasteiger charge is -2.14. The lowest BCUT2D eigenvalue weighted by molar-refractivity contribution is -0.00000524. The van der Waals surface area contributed by atoms with Crippen LogP contribution in [0.25, 0.3) is 0 Å². The number of aromatic nitrogens is 1. The van der Waals surface area contributed by atoms with Crippen LogP contribution in [0.4, 0.5) is 0 Å². The fourth-order valence-corrected chi connectivity index (χ4v) is 2.07. The Morgan fingerprint density at radius 1 is 0.864 bits per heavy atom. The Bertz CT molecular complexity index is 579. The highest BCUT2D eigenvalue weighted by molar-refractivity contribution is 5.50. The number of nitrogens with zero attached hydrogens (tertiary/aromatic N) is 1. The van der Waals surface area contributed by atoms with E-state index >= 15 is 0 Å². The summed E-state index contributed by atoms with van der Waals surface area (Å²) in [6, 6.07) is 7.73. The van der Waals surface area contributed by atoms with Crippen LogP contribution in [0.2, 0.25) is 0 Å². The highest BCUT2D eigenvalue weighted by Gasteiger charge is 2.11. The van der Waals surface area contributed by atoms with Crippen molar-refractivity contribution in [2.24, 2.45) is 0 Å². The molecule has 0 atom stereocenters. The van der Waals surface area contributed by atoms with Gasteiger partial charge in [-0.3, -0.25) is 4.98 Å². The standard InChI is InChI=1S/C16H20N2O3.ClH/c1-19-14-9-16(21-3)15(20-2)8-13(14)11-18-10-12-4-6-17-7-5-12;/h4-9,18H,10-11H2,1-3H3;1H/p-1. The van der Waals surface area contributed by atoms with Gasteiger partial charge in [0, 0.05) is 37.1 Å². The molecule has 0 radical (unpaired) electrons. The second-order valence-electron chi connectivity index (χ2n) is 4.48. The molecular weight excluding hydrogens is 304 g/mol. The van der Waals surface area contributed by atoms with Crippen LogP contribution in [0, 0.1) is 0 Å². The first-order chi connectivity index (χ1) is 10.3. The smallest absolute Gasteiger partial charge is 0.164 e. The lowest BCUT2D eigenvalue weighted by Crippen LogP contribution is -3.00. The number of ether oxygens (including phenoxy) is 3. The highest BCUT2D eigenvalue weighted by atomic mass is 35.5. The third-order valence-corrected chi connectivity index (χ3v) is 3.18. The van der Waals surface area contributed by atoms with Crippen molar-refractivity contribution in [2.45, 2.75) is 13.1 Å². The van der Waals surface area contributed by atoms with Crippen molar-refractivity contribution < 1.29 is 26.6 Å². The quantitative estimate of drug-likeness (QED) is 0.737. The largest absolute Gasteiger partial charge is 1.00 e. The van der Waals surface area contributed by atoms with Gasteiger partial charge in [-0.05, 0) is 23.8 Å². The molecule has 6 heteroatoms. The summed E-state index contributed by atoms with van der Waals surface area (Å²) in [6.07, 6.45) is 3.57. The fourth-order valence-electron chi connectivity index (χ4n) is 2.07. The molecule has 0 fully saturated rings. The monoisotopic (exact) mass is 323 g/mol. The van der Waals surface area contributed by atoms with Crippen molar-refractivity contribution in [3.05, 3.63) is 47.8 Å². The number of benzene rings is 1. The molecule has 120 valence electrons. The Morgan fingerprint density at radius 3 is 2.05 bits per heavy atom. The molecule has 1 heterocycles. The first-order valence-corrected chi connectivity index (χ1v) is 6.67. The van der Waals surface area contributed by atoms with Gasteiger partial charge in [0.15, 0.2) is 11.5 Å². The maximum Gasteiger partial charge on any atom is 0.164 e. The molecule has 1 aromatic heterocycles. The van der Waals surface area contributed by atoms with Gasteiger partial charge in [0.2, 0.25) is 0 Å². The molecule has 0 aliphatic carbocycles. The van der Waals surface area contributed by atoms with E-state index in [2.05, 4.69) is 10.3 Å². The van der Waals surface area contributed by atoms with Gasteiger partial charge in [0.05, 0.1) is 21.3 Å². The van der Waals surface area contributed by atoms with E-state index in [0.29, 0.717) is 18.0 Å². The fraction of sp³-hybridized carbons (Fsp3) is 0.312. The van der Waals surface area contributed by atoms with E-state index in [1.807, 2.05) is 24.3 Å². The Labute approximate surface area is 137 Å². The van der Waals surface area contributed by atoms with Gasteiger partial charge in [-0.1, -0.05) is 0 Å². The van der Waals surface area contributed by atoms with Crippen molar-refractivity contribution in [3.63, 3.8) is 0 Å². The molecule has 2 aromatic rings. The maximum atomic E-state index is 5.40. The average Bonchev–Trinajstić information content (AvgIpc) is 2.55. The molecule has 1 aromatic carbocycles. The third kappa shape index (κ3) is 4.51. The predicted octanol–water partition coefficient (Wildman–Crippen LogP) is -0.599. The van der Waals surface area contributed by atoms with Crippen molar-refractivity contribution >= 4 is 0 Å². The molecule has 22 heavy (non-hydrogen) atoms. The maximum absolute atomic E-state index is 5.40. The summed E-state index contributed by atoms with van der Waals surface area (Å²) >= 11 is 0. The third-order valence-electron chi connectivity index (χ3n) is 3.18. The average molecular weight is 324 g/mol. The molecule has 0 unspecified atom stereocenters. The molecule has 0 saturated carbocycles. The van der Waals surface area contributed by atoms with Gasteiger partial charge in [0.1, 0.15) is 5.75 Å². The predicted molar refractivity (Wildman–Crippen MR) is 80.9 cm³/mol. The minimum atomic E-state index is 0. The van der Waals surface area contributed by atoms with Crippen LogP contribution >= 0.6 is 0 Å². The van der Waals surface area contributed by atoms with Gasteiger partial charge in [-0.25, -0.2) is 0 Å². The Kier molecular flexibility index (Phi) is 7.49. The summed E-state index contributed by atoms with van der Waals surface area (Å²) in [5, 5.41) is 3.38. The normalized spacial score (nSPS) is 9.77. The van der Waals surface area contributed by atoms with E-state index < -0.39 is 0 Å². The molecule has 5 nitrogen and oxygen atoms in total. The van der Waals surface area contributed by atoms with Crippen molar-refractivity contribution in [2.75, 3.05) is 21.3 Å². The summed E-state index contributed by atoms with van der Waals surface area (Å²) in [5.41, 5.74) is 2.20. The molecular formula is C16H20ClN2O3-. The zero-order valence-corrected chi connectivity index (χ0v) is 13.7. The SMILES string of the molecule is COc1cc(OC)c(OC)cc1CNCc1ccncc1.[Cl-]. The molecule has 0 saturated heterocycles. The summed E-state index contributed by atoms with van der Waals surface area (Å²) in [6.45, 7) is 1.44. The summed E-state index contributed by atoms with van der Waals surface area (Å²) < 4.78 is 16.0. The van der Waals surface area contributed by atoms with Gasteiger partial charge in [0.25, 0.3) is 0 Å². The Hall–Kier alpha value is -1.98. The zero-order valence-electron chi connectivity index (χ0n) is 12.9. The van der Waals surface area contributed by atoms with Crippen molar-refractivity contribution in [1.82, 2.24) is 10.3 Å².